The number of rotatable bonds is 2. The van der Waals surface area contributed by atoms with Gasteiger partial charge in [0.1, 0.15) is 5.75 Å². The second kappa shape index (κ2) is 4.31. The SMILES string of the molecule is CN1CCC(NC2CCc3cc(O)ccc32)C1. The fourth-order valence-corrected chi connectivity index (χ4v) is 3.13. The summed E-state index contributed by atoms with van der Waals surface area (Å²) >= 11 is 0. The first-order valence-corrected chi connectivity index (χ1v) is 6.49. The Labute approximate surface area is 102 Å². The first-order chi connectivity index (χ1) is 8.22. The molecule has 2 unspecified atom stereocenters. The first kappa shape index (κ1) is 11.1. The number of nitrogens with zero attached hydrogens (tertiary/aromatic N) is 1. The van der Waals surface area contributed by atoms with E-state index >= 15 is 0 Å². The van der Waals surface area contributed by atoms with Gasteiger partial charge in [-0.2, -0.15) is 0 Å². The highest BCUT2D eigenvalue weighted by Crippen LogP contribution is 2.33. The van der Waals surface area contributed by atoms with Crippen LogP contribution in [0.15, 0.2) is 18.2 Å². The zero-order valence-electron chi connectivity index (χ0n) is 10.3. The number of likely N-dealkylation sites (tertiary alicyclic amines) is 1. The largest absolute Gasteiger partial charge is 0.508 e. The molecule has 1 aliphatic heterocycles. The number of likely N-dealkylation sites (N-methyl/N-ethyl adjacent to an activating group) is 1. The lowest BCUT2D eigenvalue weighted by Gasteiger charge is -2.19. The third kappa shape index (κ3) is 2.17. The quantitative estimate of drug-likeness (QED) is 0.814. The predicted molar refractivity (Wildman–Crippen MR) is 68.2 cm³/mol. The van der Waals surface area contributed by atoms with Crippen molar-refractivity contribution in [3.05, 3.63) is 29.3 Å². The van der Waals surface area contributed by atoms with Crippen LogP contribution >= 0.6 is 0 Å². The molecular formula is C14H20N2O. The number of benzene rings is 1. The third-order valence-corrected chi connectivity index (χ3v) is 4.03. The van der Waals surface area contributed by atoms with Gasteiger partial charge in [-0.25, -0.2) is 0 Å². The van der Waals surface area contributed by atoms with Crippen molar-refractivity contribution in [1.82, 2.24) is 10.2 Å². The molecule has 1 aromatic rings. The highest BCUT2D eigenvalue weighted by Gasteiger charge is 2.27. The summed E-state index contributed by atoms with van der Waals surface area (Å²) in [4.78, 5) is 2.38. The van der Waals surface area contributed by atoms with Gasteiger partial charge in [-0.15, -0.1) is 0 Å². The van der Waals surface area contributed by atoms with Crippen molar-refractivity contribution in [1.29, 1.82) is 0 Å². The Bertz CT molecular complexity index is 419. The Balaban J connectivity index is 1.71. The van der Waals surface area contributed by atoms with Crippen molar-refractivity contribution in [2.75, 3.05) is 20.1 Å². The van der Waals surface area contributed by atoms with E-state index in [4.69, 9.17) is 0 Å². The van der Waals surface area contributed by atoms with E-state index in [0.717, 1.165) is 13.0 Å². The van der Waals surface area contributed by atoms with Gasteiger partial charge in [0.05, 0.1) is 0 Å². The number of hydrogen-bond acceptors (Lipinski definition) is 3. The van der Waals surface area contributed by atoms with Crippen LogP contribution < -0.4 is 5.32 Å². The van der Waals surface area contributed by atoms with Crippen LogP contribution in [-0.4, -0.2) is 36.2 Å². The Morgan fingerprint density at radius 2 is 2.24 bits per heavy atom. The molecule has 2 N–H and O–H groups in total. The standard InChI is InChI=1S/C14H20N2O/c1-16-7-6-11(9-16)15-14-5-2-10-8-12(17)3-4-13(10)14/h3-4,8,11,14-15,17H,2,5-7,9H2,1H3. The number of nitrogens with one attached hydrogen (secondary N) is 1. The van der Waals surface area contributed by atoms with Crippen molar-refractivity contribution in [3.63, 3.8) is 0 Å². The van der Waals surface area contributed by atoms with E-state index in [9.17, 15) is 5.11 Å². The van der Waals surface area contributed by atoms with Crippen LogP contribution in [0.25, 0.3) is 0 Å². The van der Waals surface area contributed by atoms with Gasteiger partial charge in [-0.1, -0.05) is 6.07 Å². The molecule has 1 aliphatic carbocycles. The summed E-state index contributed by atoms with van der Waals surface area (Å²) in [7, 11) is 2.18. The fraction of sp³-hybridized carbons (Fsp3) is 0.571. The van der Waals surface area contributed by atoms with Crippen LogP contribution in [-0.2, 0) is 6.42 Å². The molecule has 17 heavy (non-hydrogen) atoms. The monoisotopic (exact) mass is 232 g/mol. The zero-order chi connectivity index (χ0) is 11.8. The van der Waals surface area contributed by atoms with E-state index in [0.29, 0.717) is 17.8 Å². The zero-order valence-corrected chi connectivity index (χ0v) is 10.3. The van der Waals surface area contributed by atoms with E-state index in [2.05, 4.69) is 23.3 Å². The maximum atomic E-state index is 9.47. The van der Waals surface area contributed by atoms with Crippen LogP contribution in [0.1, 0.15) is 30.0 Å². The Hall–Kier alpha value is -1.06. The minimum atomic E-state index is 0.394. The smallest absolute Gasteiger partial charge is 0.115 e. The molecule has 3 rings (SSSR count). The molecule has 1 fully saturated rings. The fourth-order valence-electron chi connectivity index (χ4n) is 3.13. The van der Waals surface area contributed by atoms with Gasteiger partial charge in [0.15, 0.2) is 0 Å². The van der Waals surface area contributed by atoms with Crippen LogP contribution in [0.3, 0.4) is 0 Å². The summed E-state index contributed by atoms with van der Waals surface area (Å²) in [5, 5.41) is 13.2. The first-order valence-electron chi connectivity index (χ1n) is 6.49. The van der Waals surface area contributed by atoms with Gasteiger partial charge in [-0.3, -0.25) is 0 Å². The average molecular weight is 232 g/mol. The van der Waals surface area contributed by atoms with Gasteiger partial charge >= 0.3 is 0 Å². The molecular weight excluding hydrogens is 212 g/mol. The predicted octanol–water partition coefficient (Wildman–Crippen LogP) is 1.67. The number of phenolic OH excluding ortho intramolecular Hbond substituents is 1. The minimum absolute atomic E-state index is 0.394. The number of hydrogen-bond donors (Lipinski definition) is 2. The van der Waals surface area contributed by atoms with Gasteiger partial charge in [0.2, 0.25) is 0 Å². The molecule has 2 atom stereocenters. The summed E-state index contributed by atoms with van der Waals surface area (Å²) in [5.41, 5.74) is 2.70. The lowest BCUT2D eigenvalue weighted by atomic mass is 10.1. The third-order valence-electron chi connectivity index (χ3n) is 4.03. The molecule has 0 amide bonds. The number of phenols is 1. The normalized spacial score (nSPS) is 28.5. The van der Waals surface area contributed by atoms with Gasteiger partial charge in [-0.05, 0) is 56.1 Å². The number of aromatic hydroxyl groups is 1. The molecule has 0 spiro atoms. The second-order valence-electron chi connectivity index (χ2n) is 5.39. The molecule has 92 valence electrons. The van der Waals surface area contributed by atoms with Crippen molar-refractivity contribution < 1.29 is 5.11 Å². The summed E-state index contributed by atoms with van der Waals surface area (Å²) < 4.78 is 0. The molecule has 0 radical (unpaired) electrons. The summed E-state index contributed by atoms with van der Waals surface area (Å²) in [6, 6.07) is 6.91. The molecule has 3 heteroatoms. The Morgan fingerprint density at radius 3 is 3.00 bits per heavy atom. The van der Waals surface area contributed by atoms with E-state index in [1.807, 2.05) is 6.07 Å². The molecule has 0 aromatic heterocycles. The molecule has 1 aromatic carbocycles. The molecule has 1 heterocycles. The van der Waals surface area contributed by atoms with Crippen LogP contribution in [0.2, 0.25) is 0 Å². The minimum Gasteiger partial charge on any atom is -0.508 e. The summed E-state index contributed by atoms with van der Waals surface area (Å²) in [5.74, 6) is 0.394. The number of aryl methyl sites for hydroxylation is 1. The van der Waals surface area contributed by atoms with Gasteiger partial charge in [0.25, 0.3) is 0 Å². The second-order valence-corrected chi connectivity index (χ2v) is 5.39. The van der Waals surface area contributed by atoms with Gasteiger partial charge < -0.3 is 15.3 Å². The molecule has 2 aliphatic rings. The molecule has 0 bridgehead atoms. The van der Waals surface area contributed by atoms with Crippen LogP contribution in [0, 0.1) is 0 Å². The Morgan fingerprint density at radius 1 is 1.35 bits per heavy atom. The van der Waals surface area contributed by atoms with E-state index < -0.39 is 0 Å². The van der Waals surface area contributed by atoms with Crippen molar-refractivity contribution in [2.24, 2.45) is 0 Å². The molecule has 3 nitrogen and oxygen atoms in total. The van der Waals surface area contributed by atoms with Crippen molar-refractivity contribution in [3.8, 4) is 5.75 Å². The maximum Gasteiger partial charge on any atom is 0.115 e. The molecule has 1 saturated heterocycles. The highest BCUT2D eigenvalue weighted by atomic mass is 16.3. The summed E-state index contributed by atoms with van der Waals surface area (Å²) in [6.45, 7) is 2.36. The maximum absolute atomic E-state index is 9.47. The Kier molecular flexibility index (Phi) is 2.81. The van der Waals surface area contributed by atoms with Gasteiger partial charge in [0, 0.05) is 18.6 Å². The topological polar surface area (TPSA) is 35.5 Å². The molecule has 0 saturated carbocycles. The van der Waals surface area contributed by atoms with E-state index in [1.165, 1.54) is 30.5 Å². The van der Waals surface area contributed by atoms with Crippen LogP contribution in [0.4, 0.5) is 0 Å². The summed E-state index contributed by atoms with van der Waals surface area (Å²) in [6.07, 6.45) is 3.50. The van der Waals surface area contributed by atoms with Crippen LogP contribution in [0.5, 0.6) is 5.75 Å². The number of fused-ring (bicyclic) bond motifs is 1. The van der Waals surface area contributed by atoms with E-state index in [1.54, 1.807) is 6.07 Å². The van der Waals surface area contributed by atoms with E-state index in [-0.39, 0.29) is 0 Å². The van der Waals surface area contributed by atoms with Crippen molar-refractivity contribution in [2.45, 2.75) is 31.3 Å². The lowest BCUT2D eigenvalue weighted by molar-refractivity contribution is 0.381. The van der Waals surface area contributed by atoms with Crippen molar-refractivity contribution >= 4 is 0 Å². The average Bonchev–Trinajstić information content (AvgIpc) is 2.86. The lowest BCUT2D eigenvalue weighted by Crippen LogP contribution is -2.33. The highest BCUT2D eigenvalue weighted by molar-refractivity contribution is 5.40.